The van der Waals surface area contributed by atoms with Gasteiger partial charge in [-0.05, 0) is 50.1 Å². The van der Waals surface area contributed by atoms with E-state index in [1.807, 2.05) is 30.8 Å². The molecule has 0 saturated heterocycles. The summed E-state index contributed by atoms with van der Waals surface area (Å²) in [4.78, 5) is 4.54. The number of nitrogens with zero attached hydrogens (tertiary/aromatic N) is 2. The smallest absolute Gasteiger partial charge is 0.161 e. The lowest BCUT2D eigenvalue weighted by Gasteiger charge is -2.08. The summed E-state index contributed by atoms with van der Waals surface area (Å²) in [6.07, 6.45) is 1.15. The van der Waals surface area contributed by atoms with Crippen molar-refractivity contribution in [3.05, 3.63) is 59.7 Å². The van der Waals surface area contributed by atoms with E-state index in [0.717, 1.165) is 40.8 Å². The van der Waals surface area contributed by atoms with Gasteiger partial charge in [0.1, 0.15) is 0 Å². The van der Waals surface area contributed by atoms with E-state index in [0.29, 0.717) is 5.25 Å². The monoisotopic (exact) mass is 352 g/mol. The number of nitrogens with one attached hydrogen (secondary N) is 2. The van der Waals surface area contributed by atoms with E-state index in [4.69, 9.17) is 0 Å². The molecule has 3 rings (SSSR count). The average molecular weight is 353 g/mol. The van der Waals surface area contributed by atoms with Gasteiger partial charge in [0.25, 0.3) is 0 Å². The van der Waals surface area contributed by atoms with Gasteiger partial charge in [-0.2, -0.15) is 5.10 Å². The van der Waals surface area contributed by atoms with Crippen LogP contribution < -0.4 is 10.7 Å². The number of hydrogen-bond acceptors (Lipinski definition) is 5. The standard InChI is InChI=1S/C20H24N4S/c1-4-19-13-21-20(25-19)22-17-11-7-16(8-12-17)15(3)23-24-18-9-5-14(2)6-10-18/h5-12,19,24H,4,13H2,1-3H3,(H,21,22)/b23-15-/t19-/m1/s1. The van der Waals surface area contributed by atoms with Gasteiger partial charge >= 0.3 is 0 Å². The average Bonchev–Trinajstić information content (AvgIpc) is 3.09. The largest absolute Gasteiger partial charge is 0.335 e. The molecule has 0 aromatic heterocycles. The predicted molar refractivity (Wildman–Crippen MR) is 111 cm³/mol. The Labute approximate surface area is 153 Å². The van der Waals surface area contributed by atoms with Gasteiger partial charge < -0.3 is 5.32 Å². The maximum Gasteiger partial charge on any atom is 0.161 e. The van der Waals surface area contributed by atoms with Gasteiger partial charge in [0, 0.05) is 10.9 Å². The highest BCUT2D eigenvalue weighted by molar-refractivity contribution is 8.15. The van der Waals surface area contributed by atoms with Crippen LogP contribution in [-0.4, -0.2) is 22.7 Å². The second-order valence-corrected chi connectivity index (χ2v) is 7.46. The van der Waals surface area contributed by atoms with Crippen molar-refractivity contribution in [2.45, 2.75) is 32.4 Å². The highest BCUT2D eigenvalue weighted by Gasteiger charge is 2.17. The molecular weight excluding hydrogens is 328 g/mol. The van der Waals surface area contributed by atoms with Crippen LogP contribution in [-0.2, 0) is 0 Å². The summed E-state index contributed by atoms with van der Waals surface area (Å²) in [6, 6.07) is 16.5. The Morgan fingerprint density at radius 2 is 1.80 bits per heavy atom. The number of hydrazone groups is 1. The number of thioether (sulfide) groups is 1. The van der Waals surface area contributed by atoms with Crippen molar-refractivity contribution < 1.29 is 0 Å². The van der Waals surface area contributed by atoms with E-state index < -0.39 is 0 Å². The van der Waals surface area contributed by atoms with Gasteiger partial charge in [0.2, 0.25) is 0 Å². The summed E-state index contributed by atoms with van der Waals surface area (Å²) in [5.41, 5.74) is 8.44. The third kappa shape index (κ3) is 4.86. The Bertz CT molecular complexity index is 763. The molecule has 5 heteroatoms. The molecule has 4 nitrogen and oxygen atoms in total. The zero-order valence-corrected chi connectivity index (χ0v) is 15.7. The molecule has 0 fully saturated rings. The number of aliphatic imine (C=N–C) groups is 1. The van der Waals surface area contributed by atoms with Crippen LogP contribution in [0.4, 0.5) is 11.4 Å². The number of amidine groups is 1. The molecule has 1 heterocycles. The fourth-order valence-electron chi connectivity index (χ4n) is 2.46. The second kappa shape index (κ2) is 8.21. The van der Waals surface area contributed by atoms with Crippen LogP contribution in [0.15, 0.2) is 58.6 Å². The molecule has 2 aromatic carbocycles. The van der Waals surface area contributed by atoms with Crippen molar-refractivity contribution in [3.63, 3.8) is 0 Å². The molecule has 2 N–H and O–H groups in total. The summed E-state index contributed by atoms with van der Waals surface area (Å²) < 4.78 is 0. The second-order valence-electron chi connectivity index (χ2n) is 6.17. The molecule has 0 spiro atoms. The van der Waals surface area contributed by atoms with Gasteiger partial charge in [0.15, 0.2) is 5.17 Å². The lowest BCUT2D eigenvalue weighted by Crippen LogP contribution is -2.07. The maximum absolute atomic E-state index is 4.54. The molecule has 0 unspecified atom stereocenters. The van der Waals surface area contributed by atoms with Crippen LogP contribution in [0.5, 0.6) is 0 Å². The Hall–Kier alpha value is -2.27. The van der Waals surface area contributed by atoms with Crippen LogP contribution in [0.3, 0.4) is 0 Å². The first-order valence-corrected chi connectivity index (χ1v) is 9.47. The Kier molecular flexibility index (Phi) is 5.76. The Morgan fingerprint density at radius 1 is 1.12 bits per heavy atom. The molecule has 0 amide bonds. The molecule has 0 aliphatic carbocycles. The van der Waals surface area contributed by atoms with Crippen molar-refractivity contribution in [1.82, 2.24) is 0 Å². The molecule has 0 bridgehead atoms. The van der Waals surface area contributed by atoms with Gasteiger partial charge in [-0.15, -0.1) is 0 Å². The highest BCUT2D eigenvalue weighted by atomic mass is 32.2. The minimum atomic E-state index is 0.615. The van der Waals surface area contributed by atoms with E-state index in [1.165, 1.54) is 5.56 Å². The summed E-state index contributed by atoms with van der Waals surface area (Å²) in [7, 11) is 0. The van der Waals surface area contributed by atoms with Crippen LogP contribution in [0.2, 0.25) is 0 Å². The zero-order valence-electron chi connectivity index (χ0n) is 14.9. The lowest BCUT2D eigenvalue weighted by atomic mass is 10.1. The van der Waals surface area contributed by atoms with E-state index in [9.17, 15) is 0 Å². The van der Waals surface area contributed by atoms with E-state index in [2.05, 4.69) is 71.1 Å². The van der Waals surface area contributed by atoms with E-state index in [-0.39, 0.29) is 0 Å². The molecule has 1 atom stereocenters. The van der Waals surface area contributed by atoms with Crippen molar-refractivity contribution in [3.8, 4) is 0 Å². The molecule has 0 saturated carbocycles. The quantitative estimate of drug-likeness (QED) is 0.580. The molecule has 1 aliphatic heterocycles. The molecule has 1 aliphatic rings. The van der Waals surface area contributed by atoms with Gasteiger partial charge in [-0.1, -0.05) is 48.5 Å². The van der Waals surface area contributed by atoms with Gasteiger partial charge in [-0.3, -0.25) is 10.4 Å². The van der Waals surface area contributed by atoms with Crippen LogP contribution in [0.1, 0.15) is 31.4 Å². The highest BCUT2D eigenvalue weighted by Crippen LogP contribution is 2.24. The third-order valence-corrected chi connectivity index (χ3v) is 5.40. The van der Waals surface area contributed by atoms with Crippen molar-refractivity contribution in [2.75, 3.05) is 17.3 Å². The first-order valence-electron chi connectivity index (χ1n) is 8.59. The minimum Gasteiger partial charge on any atom is -0.335 e. The predicted octanol–water partition coefficient (Wildman–Crippen LogP) is 5.12. The third-order valence-electron chi connectivity index (χ3n) is 4.13. The molecule has 2 aromatic rings. The zero-order chi connectivity index (χ0) is 17.6. The summed E-state index contributed by atoms with van der Waals surface area (Å²) in [5, 5.41) is 9.49. The first kappa shape index (κ1) is 17.5. The number of benzene rings is 2. The number of hydrogen-bond donors (Lipinski definition) is 2. The summed E-state index contributed by atoms with van der Waals surface area (Å²) in [5.74, 6) is 0. The van der Waals surface area contributed by atoms with Gasteiger partial charge in [0.05, 0.1) is 17.9 Å². The lowest BCUT2D eigenvalue weighted by molar-refractivity contribution is 0.843. The Morgan fingerprint density at radius 3 is 2.44 bits per heavy atom. The molecule has 130 valence electrons. The van der Waals surface area contributed by atoms with Crippen LogP contribution in [0, 0.1) is 6.92 Å². The Balaban J connectivity index is 1.59. The molecule has 25 heavy (non-hydrogen) atoms. The molecular formula is C20H24N4S. The first-order chi connectivity index (χ1) is 12.1. The maximum atomic E-state index is 4.54. The van der Waals surface area contributed by atoms with Crippen molar-refractivity contribution in [2.24, 2.45) is 10.1 Å². The van der Waals surface area contributed by atoms with E-state index in [1.54, 1.807) is 0 Å². The van der Waals surface area contributed by atoms with E-state index >= 15 is 0 Å². The van der Waals surface area contributed by atoms with Crippen LogP contribution in [0.25, 0.3) is 0 Å². The van der Waals surface area contributed by atoms with Crippen molar-refractivity contribution >= 4 is 34.0 Å². The summed E-state index contributed by atoms with van der Waals surface area (Å²) in [6.45, 7) is 7.20. The van der Waals surface area contributed by atoms with Gasteiger partial charge in [-0.25, -0.2) is 0 Å². The number of anilines is 2. The normalized spacial score (nSPS) is 17.3. The fraction of sp³-hybridized carbons (Fsp3) is 0.300. The van der Waals surface area contributed by atoms with Crippen molar-refractivity contribution in [1.29, 1.82) is 0 Å². The minimum absolute atomic E-state index is 0.615. The number of aryl methyl sites for hydroxylation is 1. The topological polar surface area (TPSA) is 48.8 Å². The SMILES string of the molecule is CC[C@@H]1CN=C(Nc2ccc(/C(C)=N\Nc3ccc(C)cc3)cc2)S1. The fourth-order valence-corrected chi connectivity index (χ4v) is 3.42. The number of rotatable bonds is 5. The van der Waals surface area contributed by atoms with Crippen LogP contribution >= 0.6 is 11.8 Å². The summed E-state index contributed by atoms with van der Waals surface area (Å²) >= 11 is 1.83. The molecule has 0 radical (unpaired) electrons.